The molecule has 1 fully saturated rings. The normalized spacial score (nSPS) is 15.7. The summed E-state index contributed by atoms with van der Waals surface area (Å²) >= 11 is 0. The van der Waals surface area contributed by atoms with Crippen molar-refractivity contribution in [2.75, 3.05) is 23.4 Å². The molecule has 1 atom stereocenters. The molecule has 7 heteroatoms. The SMILES string of the molecule is Cc1ccc(N2C[C@H](C(=O)OCC(=O)Nc3ccc(CC#N)cc3)CC2=O)cc1. The van der Waals surface area contributed by atoms with Crippen LogP contribution in [0, 0.1) is 24.2 Å². The Labute approximate surface area is 168 Å². The van der Waals surface area contributed by atoms with Gasteiger partial charge in [-0.05, 0) is 36.8 Å². The van der Waals surface area contributed by atoms with Gasteiger partial charge in [0.25, 0.3) is 5.91 Å². The van der Waals surface area contributed by atoms with Gasteiger partial charge in [0.2, 0.25) is 5.91 Å². The van der Waals surface area contributed by atoms with Crippen LogP contribution in [-0.2, 0) is 25.5 Å². The van der Waals surface area contributed by atoms with E-state index >= 15 is 0 Å². The average Bonchev–Trinajstić information content (AvgIpc) is 3.10. The first-order chi connectivity index (χ1) is 14.0. The fourth-order valence-electron chi connectivity index (χ4n) is 3.09. The van der Waals surface area contributed by atoms with Gasteiger partial charge in [0, 0.05) is 24.3 Å². The summed E-state index contributed by atoms with van der Waals surface area (Å²) in [5, 5.41) is 11.3. The quantitative estimate of drug-likeness (QED) is 0.763. The number of hydrogen-bond donors (Lipinski definition) is 1. The molecule has 1 heterocycles. The molecule has 0 spiro atoms. The van der Waals surface area contributed by atoms with Crippen LogP contribution >= 0.6 is 0 Å². The Hall–Kier alpha value is -3.66. The van der Waals surface area contributed by atoms with Gasteiger partial charge in [0.05, 0.1) is 18.4 Å². The second-order valence-electron chi connectivity index (χ2n) is 6.93. The Bertz CT molecular complexity index is 946. The van der Waals surface area contributed by atoms with Gasteiger partial charge in [-0.1, -0.05) is 29.8 Å². The van der Waals surface area contributed by atoms with Crippen molar-refractivity contribution in [3.05, 3.63) is 59.7 Å². The first-order valence-electron chi connectivity index (χ1n) is 9.25. The highest BCUT2D eigenvalue weighted by Gasteiger charge is 2.36. The van der Waals surface area contributed by atoms with Crippen molar-refractivity contribution in [2.24, 2.45) is 5.92 Å². The number of nitrogens with one attached hydrogen (secondary N) is 1. The first kappa shape index (κ1) is 20.1. The Morgan fingerprint density at radius 1 is 1.17 bits per heavy atom. The highest BCUT2D eigenvalue weighted by Crippen LogP contribution is 2.26. The molecular weight excluding hydrogens is 370 g/mol. The van der Waals surface area contributed by atoms with Gasteiger partial charge < -0.3 is 15.0 Å². The maximum absolute atomic E-state index is 12.3. The van der Waals surface area contributed by atoms with Crippen LogP contribution in [0.3, 0.4) is 0 Å². The smallest absolute Gasteiger partial charge is 0.311 e. The van der Waals surface area contributed by atoms with E-state index < -0.39 is 24.4 Å². The lowest BCUT2D eigenvalue weighted by Gasteiger charge is -2.16. The maximum atomic E-state index is 12.3. The number of carbonyl (C=O) groups excluding carboxylic acids is 3. The Kier molecular flexibility index (Phi) is 6.25. The molecule has 3 rings (SSSR count). The Morgan fingerprint density at radius 2 is 1.86 bits per heavy atom. The molecule has 29 heavy (non-hydrogen) atoms. The van der Waals surface area contributed by atoms with Crippen molar-refractivity contribution in [1.82, 2.24) is 0 Å². The molecule has 148 valence electrons. The van der Waals surface area contributed by atoms with Gasteiger partial charge in [0.15, 0.2) is 6.61 Å². The summed E-state index contributed by atoms with van der Waals surface area (Å²) in [5.74, 6) is -1.77. The lowest BCUT2D eigenvalue weighted by Crippen LogP contribution is -2.28. The maximum Gasteiger partial charge on any atom is 0.311 e. The standard InChI is InChI=1S/C22H21N3O4/c1-15-2-8-19(9-3-15)25-13-17(12-21(25)27)22(28)29-14-20(26)24-18-6-4-16(5-7-18)10-11-23/h2-9,17H,10,12-14H2,1H3,(H,24,26)/t17-/m1/s1. The van der Waals surface area contributed by atoms with Gasteiger partial charge in [-0.2, -0.15) is 5.26 Å². The van der Waals surface area contributed by atoms with Crippen LogP contribution in [0.25, 0.3) is 0 Å². The third-order valence-corrected chi connectivity index (χ3v) is 4.67. The number of hydrogen-bond acceptors (Lipinski definition) is 5. The first-order valence-corrected chi connectivity index (χ1v) is 9.25. The summed E-state index contributed by atoms with van der Waals surface area (Å²) < 4.78 is 5.10. The van der Waals surface area contributed by atoms with Crippen molar-refractivity contribution in [3.8, 4) is 6.07 Å². The van der Waals surface area contributed by atoms with E-state index in [0.717, 1.165) is 16.8 Å². The van der Waals surface area contributed by atoms with Crippen LogP contribution in [-0.4, -0.2) is 30.9 Å². The Morgan fingerprint density at radius 3 is 2.52 bits per heavy atom. The zero-order chi connectivity index (χ0) is 20.8. The van der Waals surface area contributed by atoms with Crippen molar-refractivity contribution in [3.63, 3.8) is 0 Å². The molecule has 2 amide bonds. The van der Waals surface area contributed by atoms with E-state index in [1.54, 1.807) is 29.2 Å². The van der Waals surface area contributed by atoms with Crippen molar-refractivity contribution in [1.29, 1.82) is 5.26 Å². The molecule has 1 aliphatic heterocycles. The number of anilines is 2. The summed E-state index contributed by atoms with van der Waals surface area (Å²) in [6.07, 6.45) is 0.361. The fourth-order valence-corrected chi connectivity index (χ4v) is 3.09. The van der Waals surface area contributed by atoms with E-state index in [4.69, 9.17) is 10.00 Å². The number of ether oxygens (including phenoxy) is 1. The molecule has 0 bridgehead atoms. The number of aryl methyl sites for hydroxylation is 1. The van der Waals surface area contributed by atoms with Gasteiger partial charge in [-0.3, -0.25) is 14.4 Å². The molecule has 0 saturated carbocycles. The van der Waals surface area contributed by atoms with Crippen LogP contribution in [0.2, 0.25) is 0 Å². The summed E-state index contributed by atoms with van der Waals surface area (Å²) in [6.45, 7) is 1.78. The van der Waals surface area contributed by atoms with E-state index in [9.17, 15) is 14.4 Å². The summed E-state index contributed by atoms with van der Waals surface area (Å²) in [5.41, 5.74) is 3.23. The van der Waals surface area contributed by atoms with Gasteiger partial charge in [0.1, 0.15) is 0 Å². The number of nitriles is 1. The van der Waals surface area contributed by atoms with Crippen molar-refractivity contribution < 1.29 is 19.1 Å². The fraction of sp³-hybridized carbons (Fsp3) is 0.273. The van der Waals surface area contributed by atoms with Gasteiger partial charge in [-0.15, -0.1) is 0 Å². The third kappa shape index (κ3) is 5.20. The molecule has 7 nitrogen and oxygen atoms in total. The summed E-state index contributed by atoms with van der Waals surface area (Å²) in [6, 6.07) is 16.4. The van der Waals surface area contributed by atoms with Crippen LogP contribution < -0.4 is 10.2 Å². The molecule has 0 unspecified atom stereocenters. The minimum Gasteiger partial charge on any atom is -0.455 e. The largest absolute Gasteiger partial charge is 0.455 e. The van der Waals surface area contributed by atoms with Crippen LogP contribution in [0.5, 0.6) is 0 Å². The monoisotopic (exact) mass is 391 g/mol. The zero-order valence-corrected chi connectivity index (χ0v) is 16.1. The van der Waals surface area contributed by atoms with Crippen LogP contribution in [0.1, 0.15) is 17.5 Å². The molecule has 1 aliphatic rings. The molecule has 1 saturated heterocycles. The zero-order valence-electron chi connectivity index (χ0n) is 16.1. The van der Waals surface area contributed by atoms with Crippen molar-refractivity contribution in [2.45, 2.75) is 19.8 Å². The minimum atomic E-state index is -0.595. The minimum absolute atomic E-state index is 0.0642. The molecule has 0 aromatic heterocycles. The lowest BCUT2D eigenvalue weighted by molar-refractivity contribution is -0.151. The van der Waals surface area contributed by atoms with Crippen molar-refractivity contribution >= 4 is 29.2 Å². The topological polar surface area (TPSA) is 99.5 Å². The highest BCUT2D eigenvalue weighted by atomic mass is 16.5. The average molecular weight is 391 g/mol. The van der Waals surface area contributed by atoms with Crippen LogP contribution in [0.4, 0.5) is 11.4 Å². The molecule has 1 N–H and O–H groups in total. The van der Waals surface area contributed by atoms with Gasteiger partial charge >= 0.3 is 5.97 Å². The van der Waals surface area contributed by atoms with E-state index in [1.165, 1.54) is 0 Å². The van der Waals surface area contributed by atoms with Crippen LogP contribution in [0.15, 0.2) is 48.5 Å². The molecule has 2 aromatic carbocycles. The summed E-state index contributed by atoms with van der Waals surface area (Å²) in [4.78, 5) is 38.1. The number of amides is 2. The second kappa shape index (κ2) is 9.02. The number of esters is 1. The van der Waals surface area contributed by atoms with E-state index in [1.807, 2.05) is 31.2 Å². The Balaban J connectivity index is 1.49. The van der Waals surface area contributed by atoms with E-state index in [0.29, 0.717) is 12.1 Å². The third-order valence-electron chi connectivity index (χ3n) is 4.67. The predicted molar refractivity (Wildman–Crippen MR) is 107 cm³/mol. The van der Waals surface area contributed by atoms with E-state index in [2.05, 4.69) is 11.4 Å². The number of carbonyl (C=O) groups is 3. The number of benzene rings is 2. The van der Waals surface area contributed by atoms with Gasteiger partial charge in [-0.25, -0.2) is 0 Å². The molecular formula is C22H21N3O4. The molecule has 2 aromatic rings. The highest BCUT2D eigenvalue weighted by molar-refractivity contribution is 6.00. The molecule has 0 aliphatic carbocycles. The predicted octanol–water partition coefficient (Wildman–Crippen LogP) is 2.60. The molecule has 0 radical (unpaired) electrons. The van der Waals surface area contributed by atoms with E-state index in [-0.39, 0.29) is 18.9 Å². The summed E-state index contributed by atoms with van der Waals surface area (Å²) in [7, 11) is 0. The second-order valence-corrected chi connectivity index (χ2v) is 6.93. The lowest BCUT2D eigenvalue weighted by atomic mass is 10.1. The number of nitrogens with zero attached hydrogens (tertiary/aromatic N) is 2. The number of rotatable bonds is 6.